The molecule has 1 aliphatic rings. The number of hydrogen-bond donors (Lipinski definition) is 1. The highest BCUT2D eigenvalue weighted by molar-refractivity contribution is 5.94. The van der Waals surface area contributed by atoms with Crippen molar-refractivity contribution < 1.29 is 24.1 Å². The Morgan fingerprint density at radius 3 is 2.54 bits per heavy atom. The van der Waals surface area contributed by atoms with Crippen molar-refractivity contribution in [1.29, 1.82) is 0 Å². The number of fused-ring (bicyclic) bond motifs is 1. The molecule has 194 valence electrons. The second kappa shape index (κ2) is 12.5. The van der Waals surface area contributed by atoms with Gasteiger partial charge in [0, 0.05) is 29.9 Å². The van der Waals surface area contributed by atoms with Gasteiger partial charge in [-0.2, -0.15) is 0 Å². The number of hydrogen-bond acceptors (Lipinski definition) is 5. The molecule has 0 aliphatic carbocycles. The van der Waals surface area contributed by atoms with Crippen LogP contribution < -0.4 is 14.4 Å². The van der Waals surface area contributed by atoms with Gasteiger partial charge < -0.3 is 24.2 Å². The van der Waals surface area contributed by atoms with Crippen LogP contribution >= 0.6 is 0 Å². The van der Waals surface area contributed by atoms with Crippen LogP contribution in [-0.4, -0.2) is 37.6 Å². The second-order valence-corrected chi connectivity index (χ2v) is 9.17. The molecule has 6 heteroatoms. The first-order chi connectivity index (χ1) is 18.0. The molecule has 1 aliphatic heterocycles. The molecule has 37 heavy (non-hydrogen) atoms. The largest absolute Gasteiger partial charge is 0.496 e. The van der Waals surface area contributed by atoms with E-state index in [0.717, 1.165) is 52.3 Å². The first-order valence-corrected chi connectivity index (χ1v) is 12.8. The number of para-hydroxylation sites is 1. The van der Waals surface area contributed by atoms with Crippen LogP contribution in [0.5, 0.6) is 11.5 Å². The number of ether oxygens (including phenoxy) is 3. The van der Waals surface area contributed by atoms with Crippen molar-refractivity contribution in [2.24, 2.45) is 0 Å². The minimum Gasteiger partial charge on any atom is -0.496 e. The van der Waals surface area contributed by atoms with Crippen LogP contribution in [0.3, 0.4) is 0 Å². The quantitative estimate of drug-likeness (QED) is 0.231. The molecule has 0 spiro atoms. The Morgan fingerprint density at radius 1 is 1.05 bits per heavy atom. The molecule has 6 nitrogen and oxygen atoms in total. The van der Waals surface area contributed by atoms with E-state index in [0.29, 0.717) is 31.7 Å². The number of anilines is 1. The number of benzene rings is 3. The zero-order valence-corrected chi connectivity index (χ0v) is 21.8. The third-order valence-corrected chi connectivity index (χ3v) is 6.52. The maximum Gasteiger partial charge on any atom is 0.331 e. The van der Waals surface area contributed by atoms with E-state index in [2.05, 4.69) is 30.0 Å². The number of carbonyl (C=O) groups is 1. The number of aliphatic carboxylic acids is 1. The molecule has 3 aromatic carbocycles. The monoisotopic (exact) mass is 501 g/mol. The van der Waals surface area contributed by atoms with Gasteiger partial charge in [-0.3, -0.25) is 0 Å². The topological polar surface area (TPSA) is 68.2 Å². The maximum absolute atomic E-state index is 11.9. The summed E-state index contributed by atoms with van der Waals surface area (Å²) >= 11 is 0. The van der Waals surface area contributed by atoms with Crippen molar-refractivity contribution in [2.75, 3.05) is 25.2 Å². The van der Waals surface area contributed by atoms with Gasteiger partial charge in [0.05, 0.1) is 13.7 Å². The molecule has 0 aromatic heterocycles. The number of carboxylic acids is 1. The van der Waals surface area contributed by atoms with Gasteiger partial charge in [0.2, 0.25) is 0 Å². The van der Waals surface area contributed by atoms with E-state index < -0.39 is 5.97 Å². The SMILES string of the molecule is CCCCOC(C)Oc1ccc(-c2ccc3c(c2)C=C(C(=O)O)CCN3Cc2ccccc2OC)cc1. The van der Waals surface area contributed by atoms with Gasteiger partial charge in [-0.05, 0) is 72.9 Å². The van der Waals surface area contributed by atoms with Gasteiger partial charge in [0.1, 0.15) is 11.5 Å². The summed E-state index contributed by atoms with van der Waals surface area (Å²) in [7, 11) is 1.67. The zero-order chi connectivity index (χ0) is 26.2. The summed E-state index contributed by atoms with van der Waals surface area (Å²) in [6.07, 6.45) is 4.05. The van der Waals surface area contributed by atoms with E-state index >= 15 is 0 Å². The smallest absolute Gasteiger partial charge is 0.331 e. The third-order valence-electron chi connectivity index (χ3n) is 6.52. The lowest BCUT2D eigenvalue weighted by atomic mass is 10.00. The first-order valence-electron chi connectivity index (χ1n) is 12.8. The van der Waals surface area contributed by atoms with Gasteiger partial charge in [-0.15, -0.1) is 0 Å². The Hall–Kier alpha value is -3.77. The number of methoxy groups -OCH3 is 1. The van der Waals surface area contributed by atoms with Crippen LogP contribution in [0.2, 0.25) is 0 Å². The van der Waals surface area contributed by atoms with Gasteiger partial charge >= 0.3 is 5.97 Å². The van der Waals surface area contributed by atoms with Crippen molar-refractivity contribution in [3.63, 3.8) is 0 Å². The summed E-state index contributed by atoms with van der Waals surface area (Å²) in [6.45, 7) is 5.95. The average Bonchev–Trinajstić information content (AvgIpc) is 3.09. The summed E-state index contributed by atoms with van der Waals surface area (Å²) in [6, 6.07) is 22.1. The van der Waals surface area contributed by atoms with Crippen LogP contribution in [0.25, 0.3) is 17.2 Å². The van der Waals surface area contributed by atoms with E-state index in [4.69, 9.17) is 14.2 Å². The van der Waals surface area contributed by atoms with Crippen LogP contribution in [-0.2, 0) is 16.1 Å². The molecule has 0 fully saturated rings. The first kappa shape index (κ1) is 26.3. The Labute approximate surface area is 219 Å². The number of carboxylic acid groups (broad SMARTS) is 1. The highest BCUT2D eigenvalue weighted by Crippen LogP contribution is 2.34. The maximum atomic E-state index is 11.9. The summed E-state index contributed by atoms with van der Waals surface area (Å²) < 4.78 is 17.1. The normalized spacial score (nSPS) is 13.8. The molecule has 0 radical (unpaired) electrons. The lowest BCUT2D eigenvalue weighted by Crippen LogP contribution is -2.24. The number of unbranched alkanes of at least 4 members (excludes halogenated alkanes) is 1. The summed E-state index contributed by atoms with van der Waals surface area (Å²) in [5.41, 5.74) is 5.40. The zero-order valence-electron chi connectivity index (χ0n) is 21.8. The Kier molecular flexibility index (Phi) is 8.86. The molecule has 1 N–H and O–H groups in total. The minimum atomic E-state index is -0.882. The average molecular weight is 502 g/mol. The van der Waals surface area contributed by atoms with Crippen LogP contribution in [0.1, 0.15) is 44.2 Å². The van der Waals surface area contributed by atoms with E-state index in [9.17, 15) is 9.90 Å². The Morgan fingerprint density at radius 2 is 1.81 bits per heavy atom. The van der Waals surface area contributed by atoms with Crippen molar-refractivity contribution in [3.05, 3.63) is 83.4 Å². The second-order valence-electron chi connectivity index (χ2n) is 9.17. The number of nitrogens with zero attached hydrogens (tertiary/aromatic N) is 1. The molecule has 1 heterocycles. The molecule has 0 saturated heterocycles. The highest BCUT2D eigenvalue weighted by atomic mass is 16.7. The Bertz CT molecular complexity index is 1230. The highest BCUT2D eigenvalue weighted by Gasteiger charge is 2.21. The van der Waals surface area contributed by atoms with Crippen molar-refractivity contribution in [1.82, 2.24) is 0 Å². The molecule has 0 saturated carbocycles. The van der Waals surface area contributed by atoms with Crippen molar-refractivity contribution in [2.45, 2.75) is 45.9 Å². The summed E-state index contributed by atoms with van der Waals surface area (Å²) in [4.78, 5) is 14.1. The van der Waals surface area contributed by atoms with Crippen molar-refractivity contribution in [3.8, 4) is 22.6 Å². The molecule has 1 unspecified atom stereocenters. The fourth-order valence-electron chi connectivity index (χ4n) is 4.49. The van der Waals surface area contributed by atoms with Crippen LogP contribution in [0, 0.1) is 0 Å². The van der Waals surface area contributed by atoms with Crippen molar-refractivity contribution >= 4 is 17.7 Å². The molecule has 3 aromatic rings. The molecular weight excluding hydrogens is 466 g/mol. The fourth-order valence-corrected chi connectivity index (χ4v) is 4.49. The summed E-state index contributed by atoms with van der Waals surface area (Å²) in [5.74, 6) is 0.689. The lowest BCUT2D eigenvalue weighted by Gasteiger charge is -2.26. The predicted octanol–water partition coefficient (Wildman–Crippen LogP) is 6.78. The van der Waals surface area contributed by atoms with E-state index in [-0.39, 0.29) is 6.29 Å². The van der Waals surface area contributed by atoms with E-state index in [1.54, 1.807) is 13.2 Å². The van der Waals surface area contributed by atoms with Gasteiger partial charge in [0.15, 0.2) is 6.29 Å². The molecule has 4 rings (SSSR count). The third kappa shape index (κ3) is 6.71. The standard InChI is InChI=1S/C31H35NO5/c1-4-5-18-36-22(2)37-28-13-10-23(11-14-28)24-12-15-29-27(19-24)20-25(31(33)34)16-17-32(29)21-26-8-6-7-9-30(26)35-3/h6-15,19-20,22H,4-5,16-18,21H2,1-3H3,(H,33,34). The predicted molar refractivity (Wildman–Crippen MR) is 147 cm³/mol. The molecule has 1 atom stereocenters. The number of rotatable bonds is 11. The van der Waals surface area contributed by atoms with E-state index in [1.807, 2.05) is 55.5 Å². The molecule has 0 amide bonds. The lowest BCUT2D eigenvalue weighted by molar-refractivity contribution is -0.132. The van der Waals surface area contributed by atoms with Gasteiger partial charge in [-0.25, -0.2) is 4.79 Å². The van der Waals surface area contributed by atoms with Gasteiger partial charge in [0.25, 0.3) is 0 Å². The van der Waals surface area contributed by atoms with E-state index in [1.165, 1.54) is 0 Å². The molecule has 0 bridgehead atoms. The fraction of sp³-hybridized carbons (Fsp3) is 0.323. The van der Waals surface area contributed by atoms with Gasteiger partial charge in [-0.1, -0.05) is 49.7 Å². The minimum absolute atomic E-state index is 0.307. The Balaban J connectivity index is 1.58. The van der Waals surface area contributed by atoms with Crippen LogP contribution in [0.15, 0.2) is 72.3 Å². The molecular formula is C31H35NO5. The van der Waals surface area contributed by atoms with Crippen LogP contribution in [0.4, 0.5) is 5.69 Å². The summed E-state index contributed by atoms with van der Waals surface area (Å²) in [5, 5.41) is 9.77.